The maximum Gasteiger partial charge on any atom is 0.288 e. The number of aromatic nitrogens is 2. The minimum atomic E-state index is -0.580. The molecule has 9 heteroatoms. The molecule has 2 atom stereocenters. The van der Waals surface area contributed by atoms with Crippen LogP contribution in [0.2, 0.25) is 0 Å². The number of carbonyl (C=O) groups excluding carboxylic acids is 3. The largest absolute Gasteiger partial charge is 0.328 e. The van der Waals surface area contributed by atoms with Crippen LogP contribution in [-0.4, -0.2) is 39.1 Å². The SMILES string of the molecule is Cc1csc([C@H]2CCCN2C(=O)c2cccc(C(=O)NNC(=O)C(C)Cc3ccccc3)n2)n1. The molecule has 1 saturated heterocycles. The topological polar surface area (TPSA) is 104 Å². The lowest BCUT2D eigenvalue weighted by molar-refractivity contribution is -0.125. The Kier molecular flexibility index (Phi) is 7.32. The normalized spacial score (nSPS) is 16.2. The second-order valence-electron chi connectivity index (χ2n) is 8.43. The predicted molar refractivity (Wildman–Crippen MR) is 129 cm³/mol. The summed E-state index contributed by atoms with van der Waals surface area (Å²) >= 11 is 1.55. The van der Waals surface area contributed by atoms with Crippen LogP contribution in [0.4, 0.5) is 0 Å². The number of carbonyl (C=O) groups is 3. The van der Waals surface area contributed by atoms with Gasteiger partial charge < -0.3 is 4.90 Å². The van der Waals surface area contributed by atoms with E-state index in [4.69, 9.17) is 0 Å². The summed E-state index contributed by atoms with van der Waals surface area (Å²) in [5, 5.41) is 2.90. The standard InChI is InChI=1S/C25H27N5O3S/c1-16(14-18-8-4-3-5-9-18)22(31)28-29-23(32)19-10-6-11-20(27-19)25(33)30-13-7-12-21(30)24-26-17(2)15-34-24/h3-6,8-11,15-16,21H,7,12-14H2,1-2H3,(H,28,31)(H,29,32)/t16?,21-/m1/s1. The molecular formula is C25H27N5O3S. The number of likely N-dealkylation sites (tertiary alicyclic amines) is 1. The molecule has 34 heavy (non-hydrogen) atoms. The molecule has 0 saturated carbocycles. The van der Waals surface area contributed by atoms with Crippen molar-refractivity contribution >= 4 is 29.1 Å². The molecule has 3 heterocycles. The van der Waals surface area contributed by atoms with Gasteiger partial charge >= 0.3 is 0 Å². The minimum Gasteiger partial charge on any atom is -0.328 e. The van der Waals surface area contributed by atoms with Crippen LogP contribution in [0.15, 0.2) is 53.9 Å². The van der Waals surface area contributed by atoms with Crippen LogP contribution in [0.3, 0.4) is 0 Å². The highest BCUT2D eigenvalue weighted by atomic mass is 32.1. The van der Waals surface area contributed by atoms with E-state index in [1.807, 2.05) is 42.6 Å². The van der Waals surface area contributed by atoms with E-state index in [1.165, 1.54) is 6.07 Å². The Labute approximate surface area is 202 Å². The van der Waals surface area contributed by atoms with Gasteiger partial charge in [-0.1, -0.05) is 43.3 Å². The average Bonchev–Trinajstić information content (AvgIpc) is 3.51. The zero-order chi connectivity index (χ0) is 24.1. The van der Waals surface area contributed by atoms with E-state index in [1.54, 1.807) is 35.3 Å². The Morgan fingerprint density at radius 1 is 1.06 bits per heavy atom. The molecule has 0 bridgehead atoms. The Balaban J connectivity index is 1.37. The van der Waals surface area contributed by atoms with E-state index in [2.05, 4.69) is 20.8 Å². The van der Waals surface area contributed by atoms with Gasteiger partial charge in [0.25, 0.3) is 11.8 Å². The van der Waals surface area contributed by atoms with Crippen molar-refractivity contribution < 1.29 is 14.4 Å². The van der Waals surface area contributed by atoms with Crippen LogP contribution in [0.5, 0.6) is 0 Å². The monoisotopic (exact) mass is 477 g/mol. The number of amides is 3. The third-order valence-electron chi connectivity index (χ3n) is 5.77. The highest BCUT2D eigenvalue weighted by Gasteiger charge is 2.33. The van der Waals surface area contributed by atoms with Crippen molar-refractivity contribution in [2.24, 2.45) is 5.92 Å². The first-order valence-electron chi connectivity index (χ1n) is 11.3. The number of nitrogens with zero attached hydrogens (tertiary/aromatic N) is 3. The number of aryl methyl sites for hydroxylation is 1. The van der Waals surface area contributed by atoms with Crippen LogP contribution >= 0.6 is 11.3 Å². The molecule has 3 amide bonds. The zero-order valence-electron chi connectivity index (χ0n) is 19.2. The first kappa shape index (κ1) is 23.6. The van der Waals surface area contributed by atoms with Crippen LogP contribution in [-0.2, 0) is 11.2 Å². The molecule has 1 unspecified atom stereocenters. The van der Waals surface area contributed by atoms with E-state index < -0.39 is 5.91 Å². The molecule has 2 aromatic heterocycles. The van der Waals surface area contributed by atoms with Crippen LogP contribution < -0.4 is 10.9 Å². The third-order valence-corrected chi connectivity index (χ3v) is 6.83. The lowest BCUT2D eigenvalue weighted by Crippen LogP contribution is -2.44. The third kappa shape index (κ3) is 5.48. The molecule has 1 aliphatic heterocycles. The summed E-state index contributed by atoms with van der Waals surface area (Å²) in [5.41, 5.74) is 7.09. The maximum absolute atomic E-state index is 13.2. The van der Waals surface area contributed by atoms with E-state index in [-0.39, 0.29) is 35.2 Å². The zero-order valence-corrected chi connectivity index (χ0v) is 20.0. The summed E-state index contributed by atoms with van der Waals surface area (Å²) in [7, 11) is 0. The molecule has 1 aliphatic rings. The van der Waals surface area contributed by atoms with E-state index in [0.29, 0.717) is 13.0 Å². The number of rotatable bonds is 6. The van der Waals surface area contributed by atoms with Gasteiger partial charge in [0.05, 0.1) is 6.04 Å². The van der Waals surface area contributed by atoms with Crippen molar-refractivity contribution in [1.29, 1.82) is 0 Å². The van der Waals surface area contributed by atoms with Gasteiger partial charge in [-0.25, -0.2) is 9.97 Å². The highest BCUT2D eigenvalue weighted by molar-refractivity contribution is 7.09. The van der Waals surface area contributed by atoms with Crippen molar-refractivity contribution in [3.63, 3.8) is 0 Å². The summed E-state index contributed by atoms with van der Waals surface area (Å²) in [6.07, 6.45) is 2.30. The molecule has 0 radical (unpaired) electrons. The molecule has 1 fully saturated rings. The van der Waals surface area contributed by atoms with Crippen molar-refractivity contribution in [2.45, 2.75) is 39.2 Å². The minimum absolute atomic E-state index is 0.0581. The Hall–Kier alpha value is -3.59. The lowest BCUT2D eigenvalue weighted by Gasteiger charge is -2.22. The predicted octanol–water partition coefficient (Wildman–Crippen LogP) is 3.46. The van der Waals surface area contributed by atoms with Gasteiger partial charge in [0.2, 0.25) is 5.91 Å². The quantitative estimate of drug-likeness (QED) is 0.529. The van der Waals surface area contributed by atoms with Gasteiger partial charge in [-0.2, -0.15) is 0 Å². The Morgan fingerprint density at radius 3 is 2.56 bits per heavy atom. The Morgan fingerprint density at radius 2 is 1.82 bits per heavy atom. The van der Waals surface area contributed by atoms with E-state index in [9.17, 15) is 14.4 Å². The first-order valence-corrected chi connectivity index (χ1v) is 12.1. The van der Waals surface area contributed by atoms with Gasteiger partial charge in [-0.15, -0.1) is 11.3 Å². The molecular weight excluding hydrogens is 450 g/mol. The van der Waals surface area contributed by atoms with Crippen molar-refractivity contribution in [3.05, 3.63) is 81.6 Å². The van der Waals surface area contributed by atoms with Gasteiger partial charge in [0, 0.05) is 23.5 Å². The van der Waals surface area contributed by atoms with Crippen LogP contribution in [0.25, 0.3) is 0 Å². The first-order chi connectivity index (χ1) is 16.4. The van der Waals surface area contributed by atoms with E-state index in [0.717, 1.165) is 29.1 Å². The Bertz CT molecular complexity index is 1180. The average molecular weight is 478 g/mol. The van der Waals surface area contributed by atoms with Crippen LogP contribution in [0.1, 0.15) is 63.0 Å². The summed E-state index contributed by atoms with van der Waals surface area (Å²) < 4.78 is 0. The second-order valence-corrected chi connectivity index (χ2v) is 9.32. The number of pyridine rings is 1. The number of thiazole rings is 1. The van der Waals surface area contributed by atoms with E-state index >= 15 is 0 Å². The van der Waals surface area contributed by atoms with Crippen molar-refractivity contribution in [2.75, 3.05) is 6.54 Å². The molecule has 2 N–H and O–H groups in total. The van der Waals surface area contributed by atoms with Crippen LogP contribution in [0, 0.1) is 12.8 Å². The molecule has 8 nitrogen and oxygen atoms in total. The molecule has 0 spiro atoms. The molecule has 176 valence electrons. The van der Waals surface area contributed by atoms with Gasteiger partial charge in [0.1, 0.15) is 16.4 Å². The number of hydrogen-bond donors (Lipinski definition) is 2. The molecule has 0 aliphatic carbocycles. The van der Waals surface area contributed by atoms with Gasteiger partial charge in [-0.3, -0.25) is 25.2 Å². The number of hydrogen-bond acceptors (Lipinski definition) is 6. The summed E-state index contributed by atoms with van der Waals surface area (Å²) in [6, 6.07) is 14.3. The maximum atomic E-state index is 13.2. The summed E-state index contributed by atoms with van der Waals surface area (Å²) in [5.74, 6) is -1.44. The summed E-state index contributed by atoms with van der Waals surface area (Å²) in [6.45, 7) is 4.35. The molecule has 1 aromatic carbocycles. The van der Waals surface area contributed by atoms with Gasteiger partial charge in [0.15, 0.2) is 0 Å². The van der Waals surface area contributed by atoms with Crippen molar-refractivity contribution in [3.8, 4) is 0 Å². The highest BCUT2D eigenvalue weighted by Crippen LogP contribution is 2.34. The second kappa shape index (κ2) is 10.6. The molecule has 3 aromatic rings. The van der Waals surface area contributed by atoms with Crippen molar-refractivity contribution in [1.82, 2.24) is 25.7 Å². The van der Waals surface area contributed by atoms with Gasteiger partial charge in [-0.05, 0) is 43.9 Å². The lowest BCUT2D eigenvalue weighted by atomic mass is 10.0. The fourth-order valence-corrected chi connectivity index (χ4v) is 4.93. The smallest absolute Gasteiger partial charge is 0.288 e. The number of benzene rings is 1. The number of hydrazine groups is 1. The number of nitrogens with one attached hydrogen (secondary N) is 2. The summed E-state index contributed by atoms with van der Waals surface area (Å²) in [4.78, 5) is 48.8. The fraction of sp³-hybridized carbons (Fsp3) is 0.320. The molecule has 4 rings (SSSR count). The fourth-order valence-electron chi connectivity index (χ4n) is 3.99.